The summed E-state index contributed by atoms with van der Waals surface area (Å²) in [6.45, 7) is -1.11. The topological polar surface area (TPSA) is 92.9 Å². The third kappa shape index (κ3) is 6.09. The average Bonchev–Trinajstić information content (AvgIpc) is 3.24. The Bertz CT molecular complexity index is 1310. The number of nitrogens with one attached hydrogen (secondary N) is 2. The van der Waals surface area contributed by atoms with Crippen molar-refractivity contribution < 1.29 is 22.8 Å². The van der Waals surface area contributed by atoms with Crippen molar-refractivity contribution in [2.24, 2.45) is 5.16 Å². The van der Waals surface area contributed by atoms with E-state index in [1.165, 1.54) is 0 Å². The highest BCUT2D eigenvalue weighted by molar-refractivity contribution is 5.90. The Labute approximate surface area is 192 Å². The quantitative estimate of drug-likeness (QED) is 0.306. The maximum atomic E-state index is 12.3. The number of aromatic nitrogens is 3. The summed E-state index contributed by atoms with van der Waals surface area (Å²) in [5.41, 5.74) is 4.16. The number of carbonyl (C=O) groups excluding carboxylic acids is 1. The number of nitrogens with zero attached hydrogens (tertiary/aromatic N) is 4. The number of hydrogen-bond acceptors (Lipinski definition) is 5. The standard InChI is InChI=1S/C23H19F3N6O2/c24-23(25,26)15-29-22(33)31-19-5-1-4-18(10-19)20-13-28-21-9-16(6-8-32(20)21)12-30-34-14-17-3-2-7-27-11-17/h1-13H,14-15H2,(H2,29,31,33)/b30-12-. The first-order valence-corrected chi connectivity index (χ1v) is 10.1. The molecule has 0 saturated carbocycles. The van der Waals surface area contributed by atoms with E-state index in [2.05, 4.69) is 20.4 Å². The van der Waals surface area contributed by atoms with Crippen LogP contribution in [-0.2, 0) is 11.4 Å². The lowest BCUT2D eigenvalue weighted by atomic mass is 10.1. The van der Waals surface area contributed by atoms with Crippen molar-refractivity contribution in [2.45, 2.75) is 12.8 Å². The van der Waals surface area contributed by atoms with Crippen LogP contribution < -0.4 is 10.6 Å². The molecule has 1 aromatic carbocycles. The van der Waals surface area contributed by atoms with Gasteiger partial charge in [0.05, 0.1) is 18.1 Å². The fourth-order valence-electron chi connectivity index (χ4n) is 3.10. The number of carbonyl (C=O) groups is 1. The Morgan fingerprint density at radius 2 is 2.03 bits per heavy atom. The number of hydrogen-bond donors (Lipinski definition) is 2. The monoisotopic (exact) mass is 468 g/mol. The van der Waals surface area contributed by atoms with E-state index in [1.807, 2.05) is 40.9 Å². The van der Waals surface area contributed by atoms with Crippen LogP contribution >= 0.6 is 0 Å². The molecule has 11 heteroatoms. The lowest BCUT2D eigenvalue weighted by Gasteiger charge is -2.10. The van der Waals surface area contributed by atoms with Gasteiger partial charge in [0.1, 0.15) is 18.8 Å². The second-order valence-electron chi connectivity index (χ2n) is 7.20. The van der Waals surface area contributed by atoms with Gasteiger partial charge in [-0.3, -0.25) is 9.38 Å². The van der Waals surface area contributed by atoms with Gasteiger partial charge in [0, 0.05) is 41.0 Å². The Morgan fingerprint density at radius 3 is 2.82 bits per heavy atom. The van der Waals surface area contributed by atoms with Crippen molar-refractivity contribution in [2.75, 3.05) is 11.9 Å². The highest BCUT2D eigenvalue weighted by Crippen LogP contribution is 2.24. The lowest BCUT2D eigenvalue weighted by Crippen LogP contribution is -2.36. The van der Waals surface area contributed by atoms with Crippen LogP contribution in [0.2, 0.25) is 0 Å². The molecule has 0 aliphatic heterocycles. The molecule has 4 rings (SSSR count). The highest BCUT2D eigenvalue weighted by atomic mass is 19.4. The van der Waals surface area contributed by atoms with Gasteiger partial charge in [-0.15, -0.1) is 0 Å². The van der Waals surface area contributed by atoms with Gasteiger partial charge in [-0.25, -0.2) is 9.78 Å². The van der Waals surface area contributed by atoms with Crippen molar-refractivity contribution >= 4 is 23.6 Å². The normalized spacial score (nSPS) is 11.6. The molecule has 0 aliphatic rings. The molecule has 0 bridgehead atoms. The molecule has 3 heterocycles. The largest absolute Gasteiger partial charge is 0.405 e. The van der Waals surface area contributed by atoms with E-state index in [1.54, 1.807) is 48.3 Å². The van der Waals surface area contributed by atoms with E-state index in [0.717, 1.165) is 22.4 Å². The molecular formula is C23H19F3N6O2. The van der Waals surface area contributed by atoms with Gasteiger partial charge in [0.2, 0.25) is 0 Å². The number of amides is 2. The minimum absolute atomic E-state index is 0.304. The van der Waals surface area contributed by atoms with Crippen molar-refractivity contribution in [1.82, 2.24) is 19.7 Å². The molecular weight excluding hydrogens is 449 g/mol. The number of imidazole rings is 1. The molecule has 34 heavy (non-hydrogen) atoms. The molecule has 0 atom stereocenters. The second-order valence-corrected chi connectivity index (χ2v) is 7.20. The van der Waals surface area contributed by atoms with Crippen molar-refractivity contribution in [3.8, 4) is 11.3 Å². The third-order valence-electron chi connectivity index (χ3n) is 4.63. The first-order chi connectivity index (χ1) is 16.4. The number of pyridine rings is 2. The predicted octanol–water partition coefficient (Wildman–Crippen LogP) is 4.63. The van der Waals surface area contributed by atoms with Gasteiger partial charge >= 0.3 is 12.2 Å². The Kier molecular flexibility index (Phi) is 6.72. The van der Waals surface area contributed by atoms with Crippen LogP contribution in [0.4, 0.5) is 23.7 Å². The molecule has 4 aromatic rings. The SMILES string of the molecule is O=C(NCC(F)(F)F)Nc1cccc(-c2cnc3cc(/C=N\OCc4cccnc4)ccn23)c1. The van der Waals surface area contributed by atoms with Gasteiger partial charge < -0.3 is 15.5 Å². The maximum absolute atomic E-state index is 12.3. The third-order valence-corrected chi connectivity index (χ3v) is 4.63. The smallest absolute Gasteiger partial charge is 0.391 e. The molecule has 3 aromatic heterocycles. The fraction of sp³-hybridized carbons (Fsp3) is 0.130. The number of oxime groups is 1. The summed E-state index contributed by atoms with van der Waals surface area (Å²) < 4.78 is 38.7. The van der Waals surface area contributed by atoms with Crippen LogP contribution in [-0.4, -0.2) is 39.3 Å². The second kappa shape index (κ2) is 10.0. The van der Waals surface area contributed by atoms with E-state index < -0.39 is 18.8 Å². The molecule has 0 spiro atoms. The number of benzene rings is 1. The van der Waals surface area contributed by atoms with Crippen molar-refractivity contribution in [1.29, 1.82) is 0 Å². The summed E-state index contributed by atoms with van der Waals surface area (Å²) >= 11 is 0. The zero-order chi connectivity index (χ0) is 24.0. The highest BCUT2D eigenvalue weighted by Gasteiger charge is 2.27. The van der Waals surface area contributed by atoms with Crippen LogP contribution in [0, 0.1) is 0 Å². The van der Waals surface area contributed by atoms with Gasteiger partial charge in [-0.2, -0.15) is 13.2 Å². The molecule has 0 aliphatic carbocycles. The van der Waals surface area contributed by atoms with Gasteiger partial charge in [-0.1, -0.05) is 23.4 Å². The molecule has 2 amide bonds. The van der Waals surface area contributed by atoms with E-state index in [-0.39, 0.29) is 0 Å². The van der Waals surface area contributed by atoms with Crippen molar-refractivity contribution in [3.05, 3.63) is 84.4 Å². The van der Waals surface area contributed by atoms with Crippen LogP contribution in [0.1, 0.15) is 11.1 Å². The molecule has 2 N–H and O–H groups in total. The molecule has 0 unspecified atom stereocenters. The summed E-state index contributed by atoms with van der Waals surface area (Å²) in [7, 11) is 0. The molecule has 0 fully saturated rings. The summed E-state index contributed by atoms with van der Waals surface area (Å²) in [6.07, 6.45) is 3.96. The number of anilines is 1. The van der Waals surface area contributed by atoms with Gasteiger partial charge in [-0.05, 0) is 30.3 Å². The molecule has 0 radical (unpaired) electrons. The Hall–Kier alpha value is -4.41. The number of urea groups is 1. The van der Waals surface area contributed by atoms with Crippen molar-refractivity contribution in [3.63, 3.8) is 0 Å². The number of fused-ring (bicyclic) bond motifs is 1. The first kappa shape index (κ1) is 22.8. The van der Waals surface area contributed by atoms with E-state index in [4.69, 9.17) is 4.84 Å². The van der Waals surface area contributed by atoms with E-state index >= 15 is 0 Å². The fourth-order valence-corrected chi connectivity index (χ4v) is 3.10. The molecule has 174 valence electrons. The molecule has 8 nitrogen and oxygen atoms in total. The summed E-state index contributed by atoms with van der Waals surface area (Å²) in [5.74, 6) is 0. The van der Waals surface area contributed by atoms with Gasteiger partial charge in [0.15, 0.2) is 0 Å². The Morgan fingerprint density at radius 1 is 1.15 bits per heavy atom. The van der Waals surface area contributed by atoms with Crippen LogP contribution in [0.15, 0.2) is 78.5 Å². The zero-order valence-electron chi connectivity index (χ0n) is 17.7. The average molecular weight is 468 g/mol. The predicted molar refractivity (Wildman–Crippen MR) is 120 cm³/mol. The summed E-state index contributed by atoms with van der Waals surface area (Å²) in [6, 6.07) is 13.2. The lowest BCUT2D eigenvalue weighted by molar-refractivity contribution is -0.122. The minimum atomic E-state index is -4.48. The molecule has 0 saturated heterocycles. The maximum Gasteiger partial charge on any atom is 0.405 e. The zero-order valence-corrected chi connectivity index (χ0v) is 17.7. The van der Waals surface area contributed by atoms with Crippen LogP contribution in [0.3, 0.4) is 0 Å². The van der Waals surface area contributed by atoms with E-state index in [0.29, 0.717) is 17.9 Å². The van der Waals surface area contributed by atoms with Crippen LogP contribution in [0.25, 0.3) is 16.9 Å². The van der Waals surface area contributed by atoms with Gasteiger partial charge in [0.25, 0.3) is 0 Å². The number of alkyl halides is 3. The first-order valence-electron chi connectivity index (χ1n) is 10.1. The van der Waals surface area contributed by atoms with E-state index in [9.17, 15) is 18.0 Å². The Balaban J connectivity index is 1.43. The summed E-state index contributed by atoms with van der Waals surface area (Å²) in [5, 5.41) is 8.14. The van der Waals surface area contributed by atoms with Crippen LogP contribution in [0.5, 0.6) is 0 Å². The number of rotatable bonds is 7. The number of halogens is 3. The summed E-state index contributed by atoms with van der Waals surface area (Å²) in [4.78, 5) is 25.4. The minimum Gasteiger partial charge on any atom is -0.391 e.